The van der Waals surface area contributed by atoms with E-state index in [1.165, 1.54) is 11.8 Å². The van der Waals surface area contributed by atoms with E-state index in [4.69, 9.17) is 11.6 Å². The molecule has 2 aromatic carbocycles. The first-order valence-electron chi connectivity index (χ1n) is 5.80. The Balaban J connectivity index is 1.96. The van der Waals surface area contributed by atoms with Gasteiger partial charge in [-0.15, -0.1) is 0 Å². The Labute approximate surface area is 133 Å². The second-order valence-corrected chi connectivity index (χ2v) is 6.73. The predicted molar refractivity (Wildman–Crippen MR) is 83.3 cm³/mol. The first-order chi connectivity index (χ1) is 9.54. The van der Waals surface area contributed by atoms with Crippen LogP contribution in [0.2, 0.25) is 5.02 Å². The summed E-state index contributed by atoms with van der Waals surface area (Å²) in [5.74, 6) is -0.392. The molecule has 0 bridgehead atoms. The van der Waals surface area contributed by atoms with Crippen molar-refractivity contribution in [2.24, 2.45) is 0 Å². The number of aliphatic hydroxyl groups is 1. The molecular formula is C14H9BrClNO2S. The summed E-state index contributed by atoms with van der Waals surface area (Å²) in [4.78, 5) is 13.4. The molecule has 6 heteroatoms. The molecule has 0 saturated heterocycles. The predicted octanol–water partition coefficient (Wildman–Crippen LogP) is 4.24. The highest BCUT2D eigenvalue weighted by atomic mass is 79.9. The topological polar surface area (TPSA) is 49.3 Å². The molecule has 0 fully saturated rings. The molecule has 1 unspecified atom stereocenters. The third kappa shape index (κ3) is 2.59. The van der Waals surface area contributed by atoms with Gasteiger partial charge >= 0.3 is 0 Å². The minimum atomic E-state index is -1.09. The Morgan fingerprint density at radius 1 is 1.30 bits per heavy atom. The van der Waals surface area contributed by atoms with Crippen molar-refractivity contribution in [3.8, 4) is 0 Å². The second kappa shape index (κ2) is 5.41. The molecule has 1 aliphatic rings. The van der Waals surface area contributed by atoms with Gasteiger partial charge in [0.2, 0.25) is 0 Å². The molecule has 2 N–H and O–H groups in total. The zero-order valence-corrected chi connectivity index (χ0v) is 13.2. The third-order valence-corrected chi connectivity index (χ3v) is 5.13. The molecule has 1 amide bonds. The quantitative estimate of drug-likeness (QED) is 0.831. The van der Waals surface area contributed by atoms with Gasteiger partial charge in [-0.3, -0.25) is 4.79 Å². The molecule has 3 rings (SSSR count). The van der Waals surface area contributed by atoms with Crippen LogP contribution >= 0.6 is 39.3 Å². The van der Waals surface area contributed by atoms with Crippen LogP contribution in [0.1, 0.15) is 11.7 Å². The number of benzene rings is 2. The highest BCUT2D eigenvalue weighted by Crippen LogP contribution is 2.41. The van der Waals surface area contributed by atoms with Gasteiger partial charge < -0.3 is 10.4 Å². The highest BCUT2D eigenvalue weighted by molar-refractivity contribution is 9.10. The van der Waals surface area contributed by atoms with E-state index in [0.29, 0.717) is 16.3 Å². The number of hydrogen-bond donors (Lipinski definition) is 2. The Hall–Kier alpha value is -1.01. The molecule has 0 aromatic heterocycles. The summed E-state index contributed by atoms with van der Waals surface area (Å²) in [5, 5.41) is 13.1. The summed E-state index contributed by atoms with van der Waals surface area (Å²) in [6, 6.07) is 11.2. The van der Waals surface area contributed by atoms with Gasteiger partial charge in [0, 0.05) is 30.5 Å². The Kier molecular flexibility index (Phi) is 3.77. The van der Waals surface area contributed by atoms with E-state index in [1.807, 2.05) is 30.3 Å². The molecule has 2 aromatic rings. The Morgan fingerprint density at radius 3 is 2.85 bits per heavy atom. The molecule has 0 aliphatic carbocycles. The second-order valence-electron chi connectivity index (χ2n) is 4.32. The van der Waals surface area contributed by atoms with Crippen molar-refractivity contribution in [3.05, 3.63) is 51.5 Å². The van der Waals surface area contributed by atoms with Crippen molar-refractivity contribution < 1.29 is 9.90 Å². The maximum absolute atomic E-state index is 11.5. The maximum atomic E-state index is 11.5. The number of hydrogen-bond acceptors (Lipinski definition) is 3. The zero-order chi connectivity index (χ0) is 14.3. The highest BCUT2D eigenvalue weighted by Gasteiger charge is 2.29. The summed E-state index contributed by atoms with van der Waals surface area (Å²) in [5.41, 5.74) is 1.24. The number of fused-ring (bicyclic) bond motifs is 1. The van der Waals surface area contributed by atoms with E-state index in [2.05, 4.69) is 21.2 Å². The average Bonchev–Trinajstić information content (AvgIpc) is 2.66. The molecule has 102 valence electrons. The van der Waals surface area contributed by atoms with Crippen molar-refractivity contribution in [3.63, 3.8) is 0 Å². The van der Waals surface area contributed by atoms with Crippen molar-refractivity contribution in [2.45, 2.75) is 15.9 Å². The van der Waals surface area contributed by atoms with E-state index >= 15 is 0 Å². The molecule has 1 aliphatic heterocycles. The summed E-state index contributed by atoms with van der Waals surface area (Å²) in [6.07, 6.45) is -1.09. The number of rotatable bonds is 2. The lowest BCUT2D eigenvalue weighted by Crippen LogP contribution is -2.10. The van der Waals surface area contributed by atoms with Crippen molar-refractivity contribution in [1.82, 2.24) is 0 Å². The van der Waals surface area contributed by atoms with Crippen LogP contribution in [0, 0.1) is 0 Å². The first-order valence-corrected chi connectivity index (χ1v) is 7.79. The summed E-state index contributed by atoms with van der Waals surface area (Å²) < 4.78 is 0.830. The van der Waals surface area contributed by atoms with Gasteiger partial charge in [0.05, 0.1) is 0 Å². The standard InChI is InChI=1S/C14H9BrClNO2S/c15-10-5-9-11(17-14(19)13(9)18)6-12(10)20-8-3-1-2-7(16)4-8/h1-6,13,18H,(H,17,19). The van der Waals surface area contributed by atoms with Gasteiger partial charge in [0.1, 0.15) is 0 Å². The van der Waals surface area contributed by atoms with Crippen LogP contribution in [0.3, 0.4) is 0 Å². The van der Waals surface area contributed by atoms with Crippen LogP contribution in [0.5, 0.6) is 0 Å². The number of nitrogens with one attached hydrogen (secondary N) is 1. The van der Waals surface area contributed by atoms with Crippen LogP contribution in [0.4, 0.5) is 5.69 Å². The number of carbonyl (C=O) groups excluding carboxylic acids is 1. The van der Waals surface area contributed by atoms with E-state index in [9.17, 15) is 9.90 Å². The fourth-order valence-corrected chi connectivity index (χ4v) is 3.76. The van der Waals surface area contributed by atoms with Gasteiger partial charge in [0.15, 0.2) is 6.10 Å². The van der Waals surface area contributed by atoms with Crippen LogP contribution in [0.15, 0.2) is 50.7 Å². The minimum absolute atomic E-state index is 0.392. The normalized spacial score (nSPS) is 16.9. The maximum Gasteiger partial charge on any atom is 0.257 e. The fraction of sp³-hybridized carbons (Fsp3) is 0.0714. The van der Waals surface area contributed by atoms with Crippen molar-refractivity contribution in [2.75, 3.05) is 5.32 Å². The van der Waals surface area contributed by atoms with Gasteiger partial charge in [-0.25, -0.2) is 0 Å². The number of amides is 1. The van der Waals surface area contributed by atoms with Crippen molar-refractivity contribution >= 4 is 50.9 Å². The van der Waals surface area contributed by atoms with E-state index < -0.39 is 12.0 Å². The molecule has 0 spiro atoms. The fourth-order valence-electron chi connectivity index (χ4n) is 1.98. The van der Waals surface area contributed by atoms with Gasteiger partial charge in [-0.05, 0) is 46.3 Å². The lowest BCUT2D eigenvalue weighted by molar-refractivity contribution is -0.123. The molecule has 0 radical (unpaired) electrons. The monoisotopic (exact) mass is 369 g/mol. The van der Waals surface area contributed by atoms with E-state index in [1.54, 1.807) is 6.07 Å². The molecule has 20 heavy (non-hydrogen) atoms. The molecule has 3 nitrogen and oxygen atoms in total. The number of carbonyl (C=O) groups is 1. The molecule has 0 saturated carbocycles. The smallest absolute Gasteiger partial charge is 0.257 e. The van der Waals surface area contributed by atoms with Gasteiger partial charge in [-0.2, -0.15) is 0 Å². The van der Waals surface area contributed by atoms with E-state index in [0.717, 1.165) is 14.3 Å². The number of anilines is 1. The Bertz CT molecular complexity index is 708. The number of halogens is 2. The summed E-state index contributed by atoms with van der Waals surface area (Å²) in [6.45, 7) is 0. The third-order valence-electron chi connectivity index (χ3n) is 2.93. The Morgan fingerprint density at radius 2 is 2.10 bits per heavy atom. The SMILES string of the molecule is O=C1Nc2cc(Sc3cccc(Cl)c3)c(Br)cc2C1O. The largest absolute Gasteiger partial charge is 0.378 e. The van der Waals surface area contributed by atoms with Gasteiger partial charge in [-0.1, -0.05) is 29.4 Å². The lowest BCUT2D eigenvalue weighted by Gasteiger charge is -2.08. The van der Waals surface area contributed by atoms with E-state index in [-0.39, 0.29) is 0 Å². The van der Waals surface area contributed by atoms with Crippen LogP contribution in [-0.4, -0.2) is 11.0 Å². The summed E-state index contributed by atoms with van der Waals surface area (Å²) in [7, 11) is 0. The van der Waals surface area contributed by atoms with Crippen LogP contribution in [0.25, 0.3) is 0 Å². The molecular weight excluding hydrogens is 362 g/mol. The molecule has 1 heterocycles. The zero-order valence-electron chi connectivity index (χ0n) is 10.1. The minimum Gasteiger partial charge on any atom is -0.378 e. The molecule has 1 atom stereocenters. The average molecular weight is 371 g/mol. The van der Waals surface area contributed by atoms with Crippen LogP contribution < -0.4 is 5.32 Å². The van der Waals surface area contributed by atoms with Crippen LogP contribution in [-0.2, 0) is 4.79 Å². The van der Waals surface area contributed by atoms with Crippen molar-refractivity contribution in [1.29, 1.82) is 0 Å². The number of aliphatic hydroxyl groups excluding tert-OH is 1. The lowest BCUT2D eigenvalue weighted by atomic mass is 10.1. The summed E-state index contributed by atoms with van der Waals surface area (Å²) >= 11 is 11.0. The first kappa shape index (κ1) is 13.9. The van der Waals surface area contributed by atoms with Gasteiger partial charge in [0.25, 0.3) is 5.91 Å².